The Morgan fingerprint density at radius 3 is 2.47 bits per heavy atom. The van der Waals surface area contributed by atoms with Crippen molar-refractivity contribution in [3.8, 4) is 0 Å². The van der Waals surface area contributed by atoms with Gasteiger partial charge in [-0.05, 0) is 47.2 Å². The van der Waals surface area contributed by atoms with Crippen molar-refractivity contribution in [2.24, 2.45) is 11.1 Å². The van der Waals surface area contributed by atoms with Gasteiger partial charge in [0, 0.05) is 48.2 Å². The number of amides is 1. The largest absolute Gasteiger partial charge is 0.379 e. The number of rotatable bonds is 7. The van der Waals surface area contributed by atoms with Crippen LogP contribution in [0.5, 0.6) is 0 Å². The molecule has 0 radical (unpaired) electrons. The molecule has 0 bridgehead atoms. The molecule has 196 valence electrons. The van der Waals surface area contributed by atoms with Crippen LogP contribution in [0.2, 0.25) is 10.0 Å². The van der Waals surface area contributed by atoms with Crippen molar-refractivity contribution in [3.05, 3.63) is 69.7 Å². The van der Waals surface area contributed by atoms with E-state index in [0.717, 1.165) is 50.4 Å². The number of ether oxygens (including phenoxy) is 1. The Morgan fingerprint density at radius 2 is 1.83 bits per heavy atom. The number of hydrogen-bond donors (Lipinski definition) is 3. The van der Waals surface area contributed by atoms with E-state index in [1.54, 1.807) is 0 Å². The number of nitrogens with zero attached hydrogens (tertiary/aromatic N) is 1. The molecular formula is C28H38Cl2N4O2. The summed E-state index contributed by atoms with van der Waals surface area (Å²) in [5, 5.41) is 8.11. The van der Waals surface area contributed by atoms with Crippen LogP contribution < -0.4 is 16.4 Å². The summed E-state index contributed by atoms with van der Waals surface area (Å²) < 4.78 is 5.43. The van der Waals surface area contributed by atoms with E-state index in [9.17, 15) is 4.79 Å². The van der Waals surface area contributed by atoms with E-state index in [2.05, 4.69) is 36.3 Å². The Balaban J connectivity index is 1.68. The maximum Gasteiger partial charge on any atom is 0.237 e. The first-order chi connectivity index (χ1) is 17.1. The van der Waals surface area contributed by atoms with Gasteiger partial charge in [0.15, 0.2) is 0 Å². The summed E-state index contributed by atoms with van der Waals surface area (Å²) in [6, 6.07) is 14.8. The summed E-state index contributed by atoms with van der Waals surface area (Å²) in [5.41, 5.74) is 8.46. The molecule has 2 fully saturated rings. The molecule has 0 aromatic heterocycles. The molecule has 2 saturated heterocycles. The zero-order valence-electron chi connectivity index (χ0n) is 21.4. The lowest BCUT2D eigenvalue weighted by atomic mass is 9.68. The fourth-order valence-electron chi connectivity index (χ4n) is 5.57. The molecule has 36 heavy (non-hydrogen) atoms. The van der Waals surface area contributed by atoms with Gasteiger partial charge >= 0.3 is 0 Å². The SMILES string of the molecule is CC(C)(C)C[C@@H]1N[C@@H](C(=O)NCCN2CCOCC2)[C@H](c2cccc(Cl)c2)[C@@]1(N)c1ccc(Cl)cc1. The highest BCUT2D eigenvalue weighted by atomic mass is 35.5. The lowest BCUT2D eigenvalue weighted by Gasteiger charge is -2.39. The van der Waals surface area contributed by atoms with Crippen LogP contribution in [0, 0.1) is 5.41 Å². The highest BCUT2D eigenvalue weighted by Gasteiger charge is 2.56. The standard InChI is InChI=1S/C28H38Cl2N4O2/c1-27(2,3)18-23-28(31,20-7-9-21(29)10-8-20)24(19-5-4-6-22(30)17-19)25(33-23)26(35)32-11-12-34-13-15-36-16-14-34/h4-10,17,23-25,33H,11-16,18,31H2,1-3H3,(H,32,35)/t23-,24-,25+,28+/m0/s1. The summed E-state index contributed by atoms with van der Waals surface area (Å²) in [6.45, 7) is 11.2. The van der Waals surface area contributed by atoms with Crippen LogP contribution in [0.3, 0.4) is 0 Å². The van der Waals surface area contributed by atoms with Gasteiger partial charge < -0.3 is 21.1 Å². The first-order valence-electron chi connectivity index (χ1n) is 12.7. The van der Waals surface area contributed by atoms with Gasteiger partial charge in [0.2, 0.25) is 5.91 Å². The Hall–Kier alpha value is -1.67. The van der Waals surface area contributed by atoms with Crippen LogP contribution in [-0.4, -0.2) is 62.3 Å². The van der Waals surface area contributed by atoms with E-state index in [1.165, 1.54) is 0 Å². The highest BCUT2D eigenvalue weighted by molar-refractivity contribution is 6.30. The number of nitrogens with one attached hydrogen (secondary N) is 2. The zero-order chi connectivity index (χ0) is 25.9. The Kier molecular flexibility index (Phi) is 8.65. The molecule has 0 aliphatic carbocycles. The van der Waals surface area contributed by atoms with E-state index in [0.29, 0.717) is 16.6 Å². The molecule has 2 aromatic rings. The average molecular weight is 534 g/mol. The molecule has 0 spiro atoms. The predicted molar refractivity (Wildman–Crippen MR) is 147 cm³/mol. The maximum absolute atomic E-state index is 13.7. The summed E-state index contributed by atoms with van der Waals surface area (Å²) in [6.07, 6.45) is 0.792. The van der Waals surface area contributed by atoms with Gasteiger partial charge in [-0.2, -0.15) is 0 Å². The predicted octanol–water partition coefficient (Wildman–Crippen LogP) is 4.16. The van der Waals surface area contributed by atoms with Crippen LogP contribution >= 0.6 is 23.2 Å². The van der Waals surface area contributed by atoms with E-state index < -0.39 is 11.6 Å². The van der Waals surface area contributed by atoms with E-state index in [4.69, 9.17) is 33.7 Å². The van der Waals surface area contributed by atoms with Crippen molar-refractivity contribution in [1.82, 2.24) is 15.5 Å². The number of carbonyl (C=O) groups is 1. The van der Waals surface area contributed by atoms with Crippen molar-refractivity contribution < 1.29 is 9.53 Å². The van der Waals surface area contributed by atoms with Crippen LogP contribution in [0.15, 0.2) is 48.5 Å². The summed E-state index contributed by atoms with van der Waals surface area (Å²) >= 11 is 12.7. The monoisotopic (exact) mass is 532 g/mol. The van der Waals surface area contributed by atoms with Gasteiger partial charge in [0.1, 0.15) is 0 Å². The molecule has 2 heterocycles. The van der Waals surface area contributed by atoms with Crippen LogP contribution in [0.4, 0.5) is 0 Å². The Bertz CT molecular complexity index is 1040. The number of benzene rings is 2. The molecule has 4 atom stereocenters. The third-order valence-electron chi connectivity index (χ3n) is 7.29. The van der Waals surface area contributed by atoms with Gasteiger partial charge in [-0.25, -0.2) is 0 Å². The minimum atomic E-state index is -0.852. The molecule has 2 aliphatic heterocycles. The van der Waals surface area contributed by atoms with Gasteiger partial charge in [-0.15, -0.1) is 0 Å². The second-order valence-electron chi connectivity index (χ2n) is 11.2. The second kappa shape index (κ2) is 11.4. The summed E-state index contributed by atoms with van der Waals surface area (Å²) in [5.74, 6) is -0.374. The number of halogens is 2. The van der Waals surface area contributed by atoms with Crippen LogP contribution in [-0.2, 0) is 15.1 Å². The lowest BCUT2D eigenvalue weighted by molar-refractivity contribution is -0.123. The summed E-state index contributed by atoms with van der Waals surface area (Å²) in [7, 11) is 0. The van der Waals surface area contributed by atoms with Crippen molar-refractivity contribution in [2.75, 3.05) is 39.4 Å². The fraction of sp³-hybridized carbons (Fsp3) is 0.536. The highest BCUT2D eigenvalue weighted by Crippen LogP contribution is 2.48. The van der Waals surface area contributed by atoms with Gasteiger partial charge in [-0.1, -0.05) is 68.2 Å². The first kappa shape index (κ1) is 27.4. The minimum Gasteiger partial charge on any atom is -0.379 e. The summed E-state index contributed by atoms with van der Waals surface area (Å²) in [4.78, 5) is 16.0. The molecule has 2 aliphatic rings. The topological polar surface area (TPSA) is 79.6 Å². The molecule has 0 unspecified atom stereocenters. The van der Waals surface area contributed by atoms with Crippen molar-refractivity contribution in [2.45, 2.75) is 50.7 Å². The lowest BCUT2D eigenvalue weighted by Crippen LogP contribution is -2.51. The van der Waals surface area contributed by atoms with Gasteiger partial charge in [0.25, 0.3) is 0 Å². The number of carbonyl (C=O) groups excluding carboxylic acids is 1. The molecule has 4 N–H and O–H groups in total. The molecule has 2 aromatic carbocycles. The van der Waals surface area contributed by atoms with Crippen molar-refractivity contribution in [1.29, 1.82) is 0 Å². The normalized spacial score (nSPS) is 27.2. The van der Waals surface area contributed by atoms with Crippen LogP contribution in [0.1, 0.15) is 44.2 Å². The molecule has 1 amide bonds. The molecule has 8 heteroatoms. The van der Waals surface area contributed by atoms with Crippen molar-refractivity contribution in [3.63, 3.8) is 0 Å². The maximum atomic E-state index is 13.7. The minimum absolute atomic E-state index is 0.00467. The van der Waals surface area contributed by atoms with Gasteiger partial charge in [0.05, 0.1) is 24.8 Å². The zero-order valence-corrected chi connectivity index (χ0v) is 22.9. The smallest absolute Gasteiger partial charge is 0.237 e. The quantitative estimate of drug-likeness (QED) is 0.498. The Morgan fingerprint density at radius 1 is 1.14 bits per heavy atom. The van der Waals surface area contributed by atoms with Gasteiger partial charge in [-0.3, -0.25) is 9.69 Å². The number of morpholine rings is 1. The third kappa shape index (κ3) is 6.24. The third-order valence-corrected chi connectivity index (χ3v) is 7.77. The van der Waals surface area contributed by atoms with Crippen LogP contribution in [0.25, 0.3) is 0 Å². The van der Waals surface area contributed by atoms with E-state index >= 15 is 0 Å². The van der Waals surface area contributed by atoms with E-state index in [-0.39, 0.29) is 23.3 Å². The molecule has 4 rings (SSSR count). The fourth-order valence-corrected chi connectivity index (χ4v) is 5.89. The van der Waals surface area contributed by atoms with Crippen molar-refractivity contribution >= 4 is 29.1 Å². The molecular weight excluding hydrogens is 495 g/mol. The number of nitrogens with two attached hydrogens (primary N) is 1. The molecule has 6 nitrogen and oxygen atoms in total. The van der Waals surface area contributed by atoms with E-state index in [1.807, 2.05) is 48.5 Å². The molecule has 0 saturated carbocycles. The first-order valence-corrected chi connectivity index (χ1v) is 13.5. The Labute approximate surface area is 224 Å². The second-order valence-corrected chi connectivity index (χ2v) is 12.1. The average Bonchev–Trinajstić information content (AvgIpc) is 3.11. The number of hydrogen-bond acceptors (Lipinski definition) is 5.